The van der Waals surface area contributed by atoms with Crippen molar-refractivity contribution >= 4 is 50.5 Å². The Morgan fingerprint density at radius 2 is 1.50 bits per heavy atom. The first-order chi connectivity index (χ1) is 19.6. The topological polar surface area (TPSA) is 69.2 Å². The Balaban J connectivity index is 1.30. The van der Waals surface area contributed by atoms with Crippen LogP contribution < -0.4 is 19.5 Å². The van der Waals surface area contributed by atoms with E-state index in [4.69, 9.17) is 14.2 Å². The van der Waals surface area contributed by atoms with E-state index in [0.29, 0.717) is 47.1 Å². The summed E-state index contributed by atoms with van der Waals surface area (Å²) in [6.45, 7) is 3.23. The van der Waals surface area contributed by atoms with Crippen LogP contribution in [0.25, 0.3) is 6.08 Å². The molecule has 0 atom stereocenters. The fourth-order valence-corrected chi connectivity index (χ4v) is 5.14. The minimum Gasteiger partial charge on any atom is -0.490 e. The van der Waals surface area contributed by atoms with E-state index in [2.05, 4.69) is 26.2 Å². The van der Waals surface area contributed by atoms with Gasteiger partial charge in [0.15, 0.2) is 16.7 Å². The van der Waals surface area contributed by atoms with E-state index in [1.807, 2.05) is 110 Å². The number of amides is 1. The number of ether oxygens (including phenoxy) is 3. The first-order valence-corrected chi connectivity index (χ1v) is 14.4. The second-order valence-corrected chi connectivity index (χ2v) is 10.7. The lowest BCUT2D eigenvalue weighted by Gasteiger charge is -2.15. The number of hydrogen-bond acceptors (Lipinski definition) is 6. The van der Waals surface area contributed by atoms with Gasteiger partial charge in [-0.1, -0.05) is 70.5 Å². The summed E-state index contributed by atoms with van der Waals surface area (Å²) >= 11 is 4.83. The monoisotopic (exact) mass is 614 g/mol. The summed E-state index contributed by atoms with van der Waals surface area (Å²) in [6.07, 6.45) is 1.82. The van der Waals surface area contributed by atoms with Gasteiger partial charge in [0.25, 0.3) is 5.91 Å². The Morgan fingerprint density at radius 1 is 0.800 bits per heavy atom. The van der Waals surface area contributed by atoms with E-state index >= 15 is 0 Å². The summed E-state index contributed by atoms with van der Waals surface area (Å²) in [5.74, 6) is 1.81. The summed E-state index contributed by atoms with van der Waals surface area (Å²) in [7, 11) is 0. The molecule has 1 saturated heterocycles. The third-order valence-electron chi connectivity index (χ3n) is 5.84. The van der Waals surface area contributed by atoms with Gasteiger partial charge in [-0.3, -0.25) is 4.79 Å². The van der Waals surface area contributed by atoms with Crippen molar-refractivity contribution in [3.8, 4) is 17.2 Å². The molecule has 1 fully saturated rings. The van der Waals surface area contributed by atoms with E-state index in [0.717, 1.165) is 26.9 Å². The molecule has 0 radical (unpaired) electrons. The maximum absolute atomic E-state index is 12.7. The molecule has 0 unspecified atom stereocenters. The highest BCUT2D eigenvalue weighted by molar-refractivity contribution is 9.10. The van der Waals surface area contributed by atoms with Crippen LogP contribution in [0.5, 0.6) is 17.2 Å². The molecule has 5 rings (SSSR count). The molecule has 1 amide bonds. The first kappa shape index (κ1) is 27.6. The van der Waals surface area contributed by atoms with Gasteiger partial charge < -0.3 is 19.5 Å². The highest BCUT2D eigenvalue weighted by Crippen LogP contribution is 2.33. The Morgan fingerprint density at radius 3 is 2.27 bits per heavy atom. The van der Waals surface area contributed by atoms with Gasteiger partial charge in [0.2, 0.25) is 0 Å². The summed E-state index contributed by atoms with van der Waals surface area (Å²) in [4.78, 5) is 17.7. The summed E-state index contributed by atoms with van der Waals surface area (Å²) < 4.78 is 19.0. The molecule has 6 nitrogen and oxygen atoms in total. The molecular weight excluding hydrogens is 588 g/mol. The van der Waals surface area contributed by atoms with Crippen LogP contribution in [0.1, 0.15) is 23.6 Å². The van der Waals surface area contributed by atoms with Crippen LogP contribution in [0.4, 0.5) is 5.69 Å². The predicted octanol–water partition coefficient (Wildman–Crippen LogP) is 7.90. The number of carbonyl (C=O) groups is 1. The van der Waals surface area contributed by atoms with Crippen molar-refractivity contribution in [2.75, 3.05) is 6.61 Å². The van der Waals surface area contributed by atoms with Gasteiger partial charge in [-0.2, -0.15) is 0 Å². The van der Waals surface area contributed by atoms with Gasteiger partial charge in [-0.25, -0.2) is 4.99 Å². The third-order valence-corrected chi connectivity index (χ3v) is 7.24. The number of amidine groups is 1. The van der Waals surface area contributed by atoms with Crippen LogP contribution in [-0.4, -0.2) is 17.7 Å². The van der Waals surface area contributed by atoms with Crippen LogP contribution in [0, 0.1) is 0 Å². The molecule has 0 bridgehead atoms. The number of benzene rings is 4. The van der Waals surface area contributed by atoms with Crippen LogP contribution >= 0.6 is 27.7 Å². The molecule has 202 valence electrons. The number of hydrogen-bond donors (Lipinski definition) is 1. The molecule has 0 aliphatic carbocycles. The zero-order valence-corrected chi connectivity index (χ0v) is 24.2. The Hall–Kier alpha value is -4.01. The second-order valence-electron chi connectivity index (χ2n) is 8.78. The zero-order chi connectivity index (χ0) is 27.7. The SMILES string of the molecule is CCOc1cc(COc2ccc(Br)cc2/C=C2/SC(=Nc3ccccc3)NC2=O)ccc1OCc1ccccc1. The van der Waals surface area contributed by atoms with Crippen molar-refractivity contribution in [1.29, 1.82) is 0 Å². The van der Waals surface area contributed by atoms with Gasteiger partial charge in [-0.15, -0.1) is 0 Å². The average molecular weight is 616 g/mol. The number of rotatable bonds is 10. The molecule has 40 heavy (non-hydrogen) atoms. The Kier molecular flexibility index (Phi) is 9.21. The summed E-state index contributed by atoms with van der Waals surface area (Å²) in [5, 5.41) is 3.38. The molecule has 4 aromatic carbocycles. The minimum absolute atomic E-state index is 0.196. The van der Waals surface area contributed by atoms with E-state index in [1.54, 1.807) is 0 Å². The Labute approximate surface area is 246 Å². The first-order valence-electron chi connectivity index (χ1n) is 12.8. The lowest BCUT2D eigenvalue weighted by atomic mass is 10.1. The van der Waals surface area contributed by atoms with Crippen molar-refractivity contribution in [3.63, 3.8) is 0 Å². The summed E-state index contributed by atoms with van der Waals surface area (Å²) in [6, 6.07) is 31.1. The lowest BCUT2D eigenvalue weighted by molar-refractivity contribution is -0.115. The van der Waals surface area contributed by atoms with Gasteiger partial charge in [0.1, 0.15) is 19.0 Å². The van der Waals surface area contributed by atoms with Gasteiger partial charge >= 0.3 is 0 Å². The fraction of sp³-hybridized carbons (Fsp3) is 0.125. The van der Waals surface area contributed by atoms with Crippen molar-refractivity contribution in [2.45, 2.75) is 20.1 Å². The number of thioether (sulfide) groups is 1. The standard InChI is InChI=1S/C32H27BrN2O4S/c1-2-37-29-17-23(13-15-28(29)39-20-22-9-5-3-6-10-22)21-38-27-16-14-25(33)18-24(27)19-30-31(36)35-32(40-30)34-26-11-7-4-8-12-26/h3-19H,2,20-21H2,1H3,(H,34,35,36)/b30-19+. The molecule has 0 spiro atoms. The van der Waals surface area contributed by atoms with Gasteiger partial charge in [0.05, 0.1) is 17.2 Å². The van der Waals surface area contributed by atoms with Crippen molar-refractivity contribution in [2.24, 2.45) is 4.99 Å². The third kappa shape index (κ3) is 7.34. The zero-order valence-electron chi connectivity index (χ0n) is 21.8. The normalized spacial score (nSPS) is 14.8. The number of aliphatic imine (C=N–C) groups is 1. The molecule has 1 aliphatic rings. The number of para-hydroxylation sites is 1. The number of nitrogens with zero attached hydrogens (tertiary/aromatic N) is 1. The second kappa shape index (κ2) is 13.4. The summed E-state index contributed by atoms with van der Waals surface area (Å²) in [5.41, 5.74) is 3.57. The van der Waals surface area contributed by atoms with Crippen LogP contribution in [-0.2, 0) is 18.0 Å². The van der Waals surface area contributed by atoms with E-state index in [1.165, 1.54) is 11.8 Å². The number of nitrogens with one attached hydrogen (secondary N) is 1. The largest absolute Gasteiger partial charge is 0.490 e. The van der Waals surface area contributed by atoms with E-state index < -0.39 is 0 Å². The maximum Gasteiger partial charge on any atom is 0.264 e. The molecule has 4 aromatic rings. The maximum atomic E-state index is 12.7. The van der Waals surface area contributed by atoms with Crippen molar-refractivity contribution in [3.05, 3.63) is 123 Å². The van der Waals surface area contributed by atoms with Crippen LogP contribution in [0.15, 0.2) is 111 Å². The highest BCUT2D eigenvalue weighted by Gasteiger charge is 2.24. The van der Waals surface area contributed by atoms with Crippen molar-refractivity contribution in [1.82, 2.24) is 5.32 Å². The fourth-order valence-electron chi connectivity index (χ4n) is 3.93. The molecule has 1 aliphatic heterocycles. The van der Waals surface area contributed by atoms with Crippen molar-refractivity contribution < 1.29 is 19.0 Å². The molecule has 8 heteroatoms. The van der Waals surface area contributed by atoms with Gasteiger partial charge in [-0.05, 0) is 78.4 Å². The minimum atomic E-state index is -0.196. The van der Waals surface area contributed by atoms with E-state index in [9.17, 15) is 4.79 Å². The average Bonchev–Trinajstić information content (AvgIpc) is 3.31. The van der Waals surface area contributed by atoms with Crippen LogP contribution in [0.2, 0.25) is 0 Å². The highest BCUT2D eigenvalue weighted by atomic mass is 79.9. The molecule has 0 aromatic heterocycles. The molecular formula is C32H27BrN2O4S. The number of carbonyl (C=O) groups excluding carboxylic acids is 1. The Bertz CT molecular complexity index is 1540. The molecule has 1 heterocycles. The van der Waals surface area contributed by atoms with E-state index in [-0.39, 0.29) is 5.91 Å². The smallest absolute Gasteiger partial charge is 0.264 e. The number of halogens is 1. The van der Waals surface area contributed by atoms with Gasteiger partial charge in [0, 0.05) is 10.0 Å². The molecule has 1 N–H and O–H groups in total. The van der Waals surface area contributed by atoms with Crippen LogP contribution in [0.3, 0.4) is 0 Å². The molecule has 0 saturated carbocycles. The lowest BCUT2D eigenvalue weighted by Crippen LogP contribution is -2.19. The predicted molar refractivity (Wildman–Crippen MR) is 164 cm³/mol. The quantitative estimate of drug-likeness (QED) is 0.184.